The lowest BCUT2D eigenvalue weighted by molar-refractivity contribution is -0.123. The number of halogens is 2. The zero-order valence-corrected chi connectivity index (χ0v) is 11.2. The van der Waals surface area contributed by atoms with Gasteiger partial charge in [-0.25, -0.2) is 8.78 Å². The third-order valence-electron chi connectivity index (χ3n) is 4.51. The van der Waals surface area contributed by atoms with Crippen molar-refractivity contribution in [1.82, 2.24) is 4.57 Å². The molecule has 1 aliphatic carbocycles. The molecule has 102 valence electrons. The average molecular weight is 264 g/mol. The molecule has 0 spiro atoms. The molecule has 1 heterocycles. The van der Waals surface area contributed by atoms with Crippen LogP contribution in [0.25, 0.3) is 10.9 Å². The molecule has 0 unspecified atom stereocenters. The first-order valence-corrected chi connectivity index (χ1v) is 6.53. The van der Waals surface area contributed by atoms with Crippen LogP contribution in [0.4, 0.5) is 8.78 Å². The number of benzene rings is 1. The Morgan fingerprint density at radius 3 is 2.47 bits per heavy atom. The topological polar surface area (TPSA) is 30.9 Å². The molecule has 0 amide bonds. The first-order valence-electron chi connectivity index (χ1n) is 6.53. The lowest BCUT2D eigenvalue weighted by Gasteiger charge is -2.47. The molecular formula is C15H18F2N2. The third-order valence-corrected chi connectivity index (χ3v) is 4.51. The van der Waals surface area contributed by atoms with Gasteiger partial charge in [-0.15, -0.1) is 0 Å². The second kappa shape index (κ2) is 3.79. The van der Waals surface area contributed by atoms with E-state index in [9.17, 15) is 8.78 Å². The summed E-state index contributed by atoms with van der Waals surface area (Å²) in [4.78, 5) is 0. The van der Waals surface area contributed by atoms with Gasteiger partial charge in [0.25, 0.3) is 0 Å². The number of para-hydroxylation sites is 1. The van der Waals surface area contributed by atoms with Crippen LogP contribution in [0.1, 0.15) is 24.1 Å². The molecular weight excluding hydrogens is 246 g/mol. The van der Waals surface area contributed by atoms with Crippen LogP contribution in [-0.2, 0) is 12.5 Å². The van der Waals surface area contributed by atoms with Gasteiger partial charge in [0.05, 0.1) is 0 Å². The van der Waals surface area contributed by atoms with Gasteiger partial charge in [0.15, 0.2) is 0 Å². The molecule has 1 saturated carbocycles. The molecule has 0 bridgehead atoms. The van der Waals surface area contributed by atoms with Gasteiger partial charge in [-0.05, 0) is 18.6 Å². The van der Waals surface area contributed by atoms with Crippen molar-refractivity contribution in [2.45, 2.75) is 31.1 Å². The summed E-state index contributed by atoms with van der Waals surface area (Å²) in [7, 11) is 1.97. The summed E-state index contributed by atoms with van der Waals surface area (Å²) in [6.07, 6.45) is -0.267. The van der Waals surface area contributed by atoms with E-state index in [4.69, 9.17) is 5.73 Å². The van der Waals surface area contributed by atoms with Gasteiger partial charge in [0.1, 0.15) is 0 Å². The van der Waals surface area contributed by atoms with E-state index in [1.807, 2.05) is 38.2 Å². The number of hydrogen-bond donors (Lipinski definition) is 1. The number of nitrogens with zero attached hydrogens (tertiary/aromatic N) is 1. The second-order valence-corrected chi connectivity index (χ2v) is 5.73. The number of nitrogens with two attached hydrogens (primary N) is 1. The van der Waals surface area contributed by atoms with Crippen LogP contribution in [0, 0.1) is 6.92 Å². The molecule has 1 aliphatic rings. The second-order valence-electron chi connectivity index (χ2n) is 5.73. The predicted octanol–water partition coefficient (Wildman–Crippen LogP) is 3.11. The highest BCUT2D eigenvalue weighted by molar-refractivity contribution is 5.87. The molecule has 0 saturated heterocycles. The molecule has 2 nitrogen and oxygen atoms in total. The van der Waals surface area contributed by atoms with E-state index >= 15 is 0 Å². The fourth-order valence-electron chi connectivity index (χ4n) is 3.55. The molecule has 19 heavy (non-hydrogen) atoms. The average Bonchev–Trinajstić information content (AvgIpc) is 2.60. The normalized spacial score (nSPS) is 20.5. The summed E-state index contributed by atoms with van der Waals surface area (Å²) in [6, 6.07) is 7.95. The zero-order chi connectivity index (χ0) is 13.8. The van der Waals surface area contributed by atoms with Crippen molar-refractivity contribution in [1.29, 1.82) is 0 Å². The van der Waals surface area contributed by atoms with Crippen LogP contribution in [0.5, 0.6) is 0 Å². The van der Waals surface area contributed by atoms with Crippen LogP contribution in [0.2, 0.25) is 0 Å². The molecule has 3 rings (SSSR count). The van der Waals surface area contributed by atoms with Gasteiger partial charge in [0, 0.05) is 48.4 Å². The van der Waals surface area contributed by atoms with Gasteiger partial charge < -0.3 is 10.3 Å². The van der Waals surface area contributed by atoms with Crippen molar-refractivity contribution >= 4 is 10.9 Å². The quantitative estimate of drug-likeness (QED) is 0.887. The summed E-state index contributed by atoms with van der Waals surface area (Å²) in [5, 5.41) is 1.06. The Labute approximate surface area is 111 Å². The minimum Gasteiger partial charge on any atom is -0.348 e. The van der Waals surface area contributed by atoms with Crippen molar-refractivity contribution in [3.63, 3.8) is 0 Å². The third kappa shape index (κ3) is 1.62. The monoisotopic (exact) mass is 264 g/mol. The van der Waals surface area contributed by atoms with E-state index in [-0.39, 0.29) is 19.4 Å². The van der Waals surface area contributed by atoms with Crippen LogP contribution in [-0.4, -0.2) is 17.0 Å². The summed E-state index contributed by atoms with van der Waals surface area (Å²) in [5.41, 5.74) is 8.43. The lowest BCUT2D eigenvalue weighted by atomic mass is 9.61. The predicted molar refractivity (Wildman–Crippen MR) is 72.6 cm³/mol. The Bertz CT molecular complexity index is 635. The molecule has 1 aromatic carbocycles. The van der Waals surface area contributed by atoms with Gasteiger partial charge in [-0.1, -0.05) is 18.2 Å². The summed E-state index contributed by atoms with van der Waals surface area (Å²) >= 11 is 0. The number of fused-ring (bicyclic) bond motifs is 1. The maximum atomic E-state index is 13.4. The molecule has 0 atom stereocenters. The van der Waals surface area contributed by atoms with E-state index in [1.165, 1.54) is 0 Å². The smallest absolute Gasteiger partial charge is 0.250 e. The minimum atomic E-state index is -2.57. The fourth-order valence-corrected chi connectivity index (χ4v) is 3.55. The van der Waals surface area contributed by atoms with Crippen LogP contribution >= 0.6 is 0 Å². The molecule has 0 aliphatic heterocycles. The lowest BCUT2D eigenvalue weighted by Crippen LogP contribution is -2.54. The summed E-state index contributed by atoms with van der Waals surface area (Å²) in [5.74, 6) is -2.57. The highest BCUT2D eigenvalue weighted by Crippen LogP contribution is 2.55. The molecule has 4 heteroatoms. The molecule has 0 radical (unpaired) electrons. The number of aryl methyl sites for hydroxylation is 1. The van der Waals surface area contributed by atoms with Gasteiger partial charge in [-0.2, -0.15) is 0 Å². The molecule has 2 aromatic rings. The number of alkyl halides is 2. The van der Waals surface area contributed by atoms with E-state index in [2.05, 4.69) is 4.57 Å². The Kier molecular flexibility index (Phi) is 2.52. The van der Waals surface area contributed by atoms with Gasteiger partial charge in [-0.3, -0.25) is 0 Å². The van der Waals surface area contributed by atoms with Crippen LogP contribution < -0.4 is 5.73 Å². The van der Waals surface area contributed by atoms with E-state index < -0.39 is 11.3 Å². The van der Waals surface area contributed by atoms with Gasteiger partial charge >= 0.3 is 0 Å². The van der Waals surface area contributed by atoms with Crippen molar-refractivity contribution in [2.24, 2.45) is 12.8 Å². The standard InChI is InChI=1S/C15H18F2N2/c1-10-13(14(9-18)7-15(16,17)8-14)11-5-3-4-6-12(11)19(10)2/h3-6H,7-9,18H2,1-2H3. The van der Waals surface area contributed by atoms with Crippen molar-refractivity contribution in [3.8, 4) is 0 Å². The number of hydrogen-bond acceptors (Lipinski definition) is 1. The van der Waals surface area contributed by atoms with Crippen molar-refractivity contribution in [2.75, 3.05) is 6.54 Å². The van der Waals surface area contributed by atoms with E-state index in [1.54, 1.807) is 0 Å². The Hall–Kier alpha value is -1.42. The Balaban J connectivity index is 2.23. The molecule has 1 aromatic heterocycles. The first kappa shape index (κ1) is 12.6. The highest BCUT2D eigenvalue weighted by Gasteiger charge is 2.57. The number of rotatable bonds is 2. The molecule has 2 N–H and O–H groups in total. The maximum absolute atomic E-state index is 13.4. The summed E-state index contributed by atoms with van der Waals surface area (Å²) < 4.78 is 28.8. The SMILES string of the molecule is Cc1c(C2(CN)CC(F)(F)C2)c2ccccc2n1C. The van der Waals surface area contributed by atoms with E-state index in [0.717, 1.165) is 22.2 Å². The maximum Gasteiger partial charge on any atom is 0.250 e. The number of aromatic nitrogens is 1. The van der Waals surface area contributed by atoms with Crippen LogP contribution in [0.3, 0.4) is 0 Å². The largest absolute Gasteiger partial charge is 0.348 e. The van der Waals surface area contributed by atoms with Gasteiger partial charge in [0.2, 0.25) is 5.92 Å². The Morgan fingerprint density at radius 2 is 1.89 bits per heavy atom. The highest BCUT2D eigenvalue weighted by atomic mass is 19.3. The van der Waals surface area contributed by atoms with Crippen molar-refractivity contribution < 1.29 is 8.78 Å². The van der Waals surface area contributed by atoms with E-state index in [0.29, 0.717) is 0 Å². The fraction of sp³-hybridized carbons (Fsp3) is 0.467. The zero-order valence-electron chi connectivity index (χ0n) is 11.2. The Morgan fingerprint density at radius 1 is 1.26 bits per heavy atom. The first-order chi connectivity index (χ1) is 8.90. The summed E-state index contributed by atoms with van der Waals surface area (Å²) in [6.45, 7) is 2.26. The minimum absolute atomic E-state index is 0.134. The van der Waals surface area contributed by atoms with Crippen LogP contribution in [0.15, 0.2) is 24.3 Å². The van der Waals surface area contributed by atoms with Crippen molar-refractivity contribution in [3.05, 3.63) is 35.5 Å². The molecule has 1 fully saturated rings.